The van der Waals surface area contributed by atoms with E-state index in [0.717, 1.165) is 30.8 Å². The number of rotatable bonds is 7. The van der Waals surface area contributed by atoms with Gasteiger partial charge in [0.2, 0.25) is 0 Å². The Morgan fingerprint density at radius 2 is 1.67 bits per heavy atom. The van der Waals surface area contributed by atoms with Gasteiger partial charge in [0, 0.05) is 17.8 Å². The predicted octanol–water partition coefficient (Wildman–Crippen LogP) is 2.41. The Hall–Kier alpha value is -3.54. The van der Waals surface area contributed by atoms with E-state index in [4.69, 9.17) is 5.21 Å². The first kappa shape index (κ1) is 18.3. The van der Waals surface area contributed by atoms with Gasteiger partial charge in [-0.2, -0.15) is 0 Å². The highest BCUT2D eigenvalue weighted by Gasteiger charge is 2.12. The van der Waals surface area contributed by atoms with Gasteiger partial charge in [0.05, 0.1) is 18.2 Å². The standard InChI is InChI=1S/C21H20N4O2/c26-21(23-20-9-2-1-3-10-20)19-8-5-12-25(17-19)14-6-13-24-11-4-7-18(16-24)15-22-27/h1-5,7-12,15-17H,6,13-14H2/p+2/b22-15+. The minimum atomic E-state index is -0.124. The van der Waals surface area contributed by atoms with Crippen LogP contribution in [0.4, 0.5) is 5.69 Å². The average Bonchev–Trinajstić information content (AvgIpc) is 2.70. The molecular weight excluding hydrogens is 340 g/mol. The van der Waals surface area contributed by atoms with Crippen LogP contribution in [0, 0.1) is 0 Å². The number of para-hydroxylation sites is 1. The van der Waals surface area contributed by atoms with E-state index in [2.05, 4.69) is 10.5 Å². The Balaban J connectivity index is 1.57. The van der Waals surface area contributed by atoms with Gasteiger partial charge in [0.15, 0.2) is 37.9 Å². The quantitative estimate of drug-likeness (QED) is 0.293. The van der Waals surface area contributed by atoms with Crippen molar-refractivity contribution in [1.82, 2.24) is 0 Å². The van der Waals surface area contributed by atoms with Crippen molar-refractivity contribution in [3.63, 3.8) is 0 Å². The lowest BCUT2D eigenvalue weighted by atomic mass is 10.2. The molecule has 0 fully saturated rings. The van der Waals surface area contributed by atoms with Crippen molar-refractivity contribution in [1.29, 1.82) is 0 Å². The SMILES string of the molecule is O=C(Nc1ccccc1)c1ccc[n+](CCC[n+]2cccc(/C=N/O)c2)c1. The molecule has 0 saturated carbocycles. The van der Waals surface area contributed by atoms with Crippen molar-refractivity contribution in [2.75, 3.05) is 5.32 Å². The average molecular weight is 362 g/mol. The number of nitrogens with one attached hydrogen (secondary N) is 1. The first-order valence-corrected chi connectivity index (χ1v) is 8.76. The first-order valence-electron chi connectivity index (χ1n) is 8.76. The molecule has 3 rings (SSSR count). The Morgan fingerprint density at radius 1 is 0.963 bits per heavy atom. The van der Waals surface area contributed by atoms with Gasteiger partial charge in [-0.15, -0.1) is 0 Å². The zero-order chi connectivity index (χ0) is 18.9. The molecule has 0 saturated heterocycles. The van der Waals surface area contributed by atoms with Gasteiger partial charge in [-0.25, -0.2) is 9.13 Å². The highest BCUT2D eigenvalue weighted by Crippen LogP contribution is 2.07. The highest BCUT2D eigenvalue weighted by molar-refractivity contribution is 6.03. The van der Waals surface area contributed by atoms with Crippen LogP contribution in [-0.4, -0.2) is 17.3 Å². The largest absolute Gasteiger partial charge is 0.411 e. The molecule has 0 unspecified atom stereocenters. The zero-order valence-corrected chi connectivity index (χ0v) is 14.9. The summed E-state index contributed by atoms with van der Waals surface area (Å²) < 4.78 is 4.06. The zero-order valence-electron chi connectivity index (χ0n) is 14.9. The Morgan fingerprint density at radius 3 is 2.41 bits per heavy atom. The molecular formula is C21H22N4O2+2. The number of aryl methyl sites for hydroxylation is 2. The molecule has 6 heteroatoms. The summed E-state index contributed by atoms with van der Waals surface area (Å²) in [6.45, 7) is 1.61. The molecule has 136 valence electrons. The van der Waals surface area contributed by atoms with Crippen molar-refractivity contribution in [2.45, 2.75) is 19.5 Å². The van der Waals surface area contributed by atoms with Crippen LogP contribution in [0.2, 0.25) is 0 Å². The number of amides is 1. The van der Waals surface area contributed by atoms with E-state index in [1.807, 2.05) is 82.5 Å². The van der Waals surface area contributed by atoms with Crippen molar-refractivity contribution >= 4 is 17.8 Å². The Kier molecular flexibility index (Phi) is 6.25. The highest BCUT2D eigenvalue weighted by atomic mass is 16.4. The predicted molar refractivity (Wildman–Crippen MR) is 102 cm³/mol. The number of pyridine rings is 2. The summed E-state index contributed by atoms with van der Waals surface area (Å²) >= 11 is 0. The van der Waals surface area contributed by atoms with Crippen LogP contribution in [0.3, 0.4) is 0 Å². The summed E-state index contributed by atoms with van der Waals surface area (Å²) in [4.78, 5) is 12.4. The van der Waals surface area contributed by atoms with Gasteiger partial charge >= 0.3 is 0 Å². The van der Waals surface area contributed by atoms with E-state index in [0.29, 0.717) is 5.56 Å². The molecule has 1 aromatic carbocycles. The van der Waals surface area contributed by atoms with Gasteiger partial charge in [-0.3, -0.25) is 4.79 Å². The number of nitrogens with zero attached hydrogens (tertiary/aromatic N) is 3. The van der Waals surface area contributed by atoms with Crippen LogP contribution in [0.1, 0.15) is 22.3 Å². The number of hydrogen-bond donors (Lipinski definition) is 2. The van der Waals surface area contributed by atoms with E-state index in [9.17, 15) is 4.79 Å². The third-order valence-electron chi connectivity index (χ3n) is 4.07. The summed E-state index contributed by atoms with van der Waals surface area (Å²) in [5, 5.41) is 14.6. The topological polar surface area (TPSA) is 69.5 Å². The molecule has 1 amide bonds. The van der Waals surface area contributed by atoms with Crippen molar-refractivity contribution in [3.05, 3.63) is 90.5 Å². The van der Waals surface area contributed by atoms with Crippen LogP contribution in [0.25, 0.3) is 0 Å². The second-order valence-corrected chi connectivity index (χ2v) is 6.12. The summed E-state index contributed by atoms with van der Waals surface area (Å²) in [6.07, 6.45) is 10.0. The monoisotopic (exact) mass is 362 g/mol. The number of hydrogen-bond acceptors (Lipinski definition) is 3. The van der Waals surface area contributed by atoms with Crippen LogP contribution in [0.5, 0.6) is 0 Å². The fraction of sp³-hybridized carbons (Fsp3) is 0.143. The molecule has 2 heterocycles. The maximum Gasteiger partial charge on any atom is 0.261 e. The van der Waals surface area contributed by atoms with Crippen LogP contribution >= 0.6 is 0 Å². The minimum Gasteiger partial charge on any atom is -0.411 e. The molecule has 0 aliphatic carbocycles. The number of benzene rings is 1. The van der Waals surface area contributed by atoms with Gasteiger partial charge in [0.25, 0.3) is 5.91 Å². The van der Waals surface area contributed by atoms with Crippen LogP contribution in [0.15, 0.2) is 84.5 Å². The first-order chi connectivity index (χ1) is 13.2. The number of aromatic nitrogens is 2. The van der Waals surface area contributed by atoms with Crippen molar-refractivity contribution in [3.8, 4) is 0 Å². The summed E-state index contributed by atoms with van der Waals surface area (Å²) in [7, 11) is 0. The van der Waals surface area contributed by atoms with Gasteiger partial charge < -0.3 is 10.5 Å². The summed E-state index contributed by atoms with van der Waals surface area (Å²) in [5.41, 5.74) is 2.24. The Bertz CT molecular complexity index is 926. The minimum absolute atomic E-state index is 0.124. The third kappa shape index (κ3) is 5.47. The lowest BCUT2D eigenvalue weighted by Crippen LogP contribution is -2.39. The number of anilines is 1. The molecule has 0 aliphatic rings. The molecule has 0 bridgehead atoms. The maximum absolute atomic E-state index is 12.4. The number of carbonyl (C=O) groups excluding carboxylic acids is 1. The number of oxime groups is 1. The maximum atomic E-state index is 12.4. The van der Waals surface area contributed by atoms with Gasteiger partial charge in [-0.1, -0.05) is 23.4 Å². The molecule has 2 N–H and O–H groups in total. The normalized spacial score (nSPS) is 10.8. The van der Waals surface area contributed by atoms with Gasteiger partial charge in [-0.05, 0) is 24.3 Å². The van der Waals surface area contributed by atoms with E-state index >= 15 is 0 Å². The second kappa shape index (κ2) is 9.24. The molecule has 3 aromatic rings. The van der Waals surface area contributed by atoms with Crippen LogP contribution in [-0.2, 0) is 13.1 Å². The molecule has 0 atom stereocenters. The third-order valence-corrected chi connectivity index (χ3v) is 4.07. The van der Waals surface area contributed by atoms with Crippen molar-refractivity contribution < 1.29 is 19.1 Å². The van der Waals surface area contributed by atoms with E-state index in [1.54, 1.807) is 6.07 Å². The lowest BCUT2D eigenvalue weighted by molar-refractivity contribution is -0.727. The fourth-order valence-electron chi connectivity index (χ4n) is 2.78. The lowest BCUT2D eigenvalue weighted by Gasteiger charge is -2.04. The van der Waals surface area contributed by atoms with Crippen LogP contribution < -0.4 is 14.5 Å². The smallest absolute Gasteiger partial charge is 0.261 e. The van der Waals surface area contributed by atoms with E-state index < -0.39 is 0 Å². The molecule has 0 spiro atoms. The van der Waals surface area contributed by atoms with Gasteiger partial charge in [0.1, 0.15) is 5.56 Å². The molecule has 0 aliphatic heterocycles. The number of carbonyl (C=O) groups is 1. The second-order valence-electron chi connectivity index (χ2n) is 6.12. The molecule has 2 aromatic heterocycles. The van der Waals surface area contributed by atoms with E-state index in [-0.39, 0.29) is 5.91 Å². The summed E-state index contributed by atoms with van der Waals surface area (Å²) in [6, 6.07) is 16.9. The van der Waals surface area contributed by atoms with E-state index in [1.165, 1.54) is 6.21 Å². The van der Waals surface area contributed by atoms with Crippen molar-refractivity contribution in [2.24, 2.45) is 5.16 Å². The Labute approximate surface area is 158 Å². The summed E-state index contributed by atoms with van der Waals surface area (Å²) in [5.74, 6) is -0.124. The fourth-order valence-corrected chi connectivity index (χ4v) is 2.78. The molecule has 0 radical (unpaired) electrons. The molecule has 6 nitrogen and oxygen atoms in total. The molecule has 27 heavy (non-hydrogen) atoms.